The van der Waals surface area contributed by atoms with E-state index in [0.29, 0.717) is 6.29 Å². The zero-order valence-corrected chi connectivity index (χ0v) is 22.2. The topological polar surface area (TPSA) is 169 Å². The second kappa shape index (κ2) is 16.9. The Kier molecular flexibility index (Phi) is 14.4. The number of aldehydes is 1. The summed E-state index contributed by atoms with van der Waals surface area (Å²) < 4.78 is 19.8. The molecule has 0 spiro atoms. The Labute approximate surface area is 221 Å². The number of phenolic OH excluding ortho intramolecular Hbond substituents is 2. The average Bonchev–Trinajstić information content (AvgIpc) is 2.83. The quantitative estimate of drug-likeness (QED) is 0.161. The van der Waals surface area contributed by atoms with Crippen molar-refractivity contribution in [3.05, 3.63) is 22.8 Å². The maximum atomic E-state index is 12.1. The highest BCUT2D eigenvalue weighted by atomic mass is 16.5. The summed E-state index contributed by atoms with van der Waals surface area (Å²) in [6.07, 6.45) is 0.365. The van der Waals surface area contributed by atoms with E-state index in [4.69, 9.17) is 18.9 Å². The Morgan fingerprint density at radius 3 is 1.39 bits per heavy atom. The smallest absolute Gasteiger partial charge is 0.320 e. The zero-order chi connectivity index (χ0) is 28.7. The summed E-state index contributed by atoms with van der Waals surface area (Å²) in [5.41, 5.74) is -0.238. The van der Waals surface area contributed by atoms with Crippen LogP contribution in [0.1, 0.15) is 49.2 Å². The molecule has 1 aromatic carbocycles. The first kappa shape index (κ1) is 32.3. The maximum Gasteiger partial charge on any atom is 0.320 e. The lowest BCUT2D eigenvalue weighted by Gasteiger charge is -2.24. The SMILES string of the molecule is CCOC(=O)CN(CC(=O)OCC)Cc1cc(C=O)c(O)c(CN(CC(=O)OCC)CC(=O)OCC)c1O. The molecular weight excluding hydrogens is 504 g/mol. The number of benzene rings is 1. The van der Waals surface area contributed by atoms with Gasteiger partial charge in [-0.1, -0.05) is 0 Å². The van der Waals surface area contributed by atoms with Crippen LogP contribution in [0.25, 0.3) is 0 Å². The third-order valence-corrected chi connectivity index (χ3v) is 5.01. The number of hydrogen-bond acceptors (Lipinski definition) is 13. The third kappa shape index (κ3) is 10.7. The standard InChI is InChI=1S/C25H36N2O11/c1-5-35-20(29)12-26(13-21(30)36-6-2)10-17-9-18(16-28)25(34)19(24(17)33)11-27(14-22(31)37-7-3)15-23(32)38-8-4/h9,16,33-34H,5-8,10-15H2,1-4H3. The fourth-order valence-electron chi connectivity index (χ4n) is 3.52. The van der Waals surface area contributed by atoms with Crippen LogP contribution in [-0.4, -0.2) is 103 Å². The van der Waals surface area contributed by atoms with E-state index in [1.165, 1.54) is 15.9 Å². The van der Waals surface area contributed by atoms with Crippen LogP contribution in [0.2, 0.25) is 0 Å². The molecule has 0 saturated carbocycles. The van der Waals surface area contributed by atoms with Gasteiger partial charge in [0.2, 0.25) is 0 Å². The van der Waals surface area contributed by atoms with Gasteiger partial charge in [-0.15, -0.1) is 0 Å². The number of phenols is 2. The summed E-state index contributed by atoms with van der Waals surface area (Å²) in [5, 5.41) is 21.7. The van der Waals surface area contributed by atoms with Crippen LogP contribution in [0.15, 0.2) is 6.07 Å². The summed E-state index contributed by atoms with van der Waals surface area (Å²) in [6.45, 7) is 5.00. The van der Waals surface area contributed by atoms with Crippen LogP contribution >= 0.6 is 0 Å². The number of carbonyl (C=O) groups excluding carboxylic acids is 5. The number of hydrogen-bond donors (Lipinski definition) is 2. The molecule has 212 valence electrons. The van der Waals surface area contributed by atoms with Gasteiger partial charge >= 0.3 is 23.9 Å². The van der Waals surface area contributed by atoms with Crippen molar-refractivity contribution in [2.75, 3.05) is 52.6 Å². The van der Waals surface area contributed by atoms with Crippen LogP contribution in [0.5, 0.6) is 11.5 Å². The van der Waals surface area contributed by atoms with Gasteiger partial charge in [-0.25, -0.2) is 0 Å². The Morgan fingerprint density at radius 2 is 1.05 bits per heavy atom. The molecule has 0 unspecified atom stereocenters. The van der Waals surface area contributed by atoms with E-state index in [1.54, 1.807) is 27.7 Å². The van der Waals surface area contributed by atoms with Gasteiger partial charge in [0.1, 0.15) is 11.5 Å². The first-order valence-corrected chi connectivity index (χ1v) is 12.2. The van der Waals surface area contributed by atoms with Gasteiger partial charge in [0, 0.05) is 18.7 Å². The molecular formula is C25H36N2O11. The van der Waals surface area contributed by atoms with E-state index in [1.807, 2.05) is 0 Å². The molecule has 0 saturated heterocycles. The minimum atomic E-state index is -0.655. The predicted molar refractivity (Wildman–Crippen MR) is 132 cm³/mol. The number of esters is 4. The lowest BCUT2D eigenvalue weighted by atomic mass is 10.0. The Morgan fingerprint density at radius 1 is 0.684 bits per heavy atom. The predicted octanol–water partition coefficient (Wildman–Crippen LogP) is 0.767. The normalized spacial score (nSPS) is 10.8. The van der Waals surface area contributed by atoms with Gasteiger partial charge in [0.25, 0.3) is 0 Å². The van der Waals surface area contributed by atoms with Crippen molar-refractivity contribution in [2.45, 2.75) is 40.8 Å². The molecule has 0 amide bonds. The highest BCUT2D eigenvalue weighted by Crippen LogP contribution is 2.35. The van der Waals surface area contributed by atoms with Gasteiger partial charge in [0.05, 0.1) is 63.7 Å². The molecule has 13 heteroatoms. The van der Waals surface area contributed by atoms with Gasteiger partial charge in [-0.2, -0.15) is 0 Å². The number of carbonyl (C=O) groups is 5. The highest BCUT2D eigenvalue weighted by Gasteiger charge is 2.25. The Bertz CT molecular complexity index is 941. The van der Waals surface area contributed by atoms with Crippen LogP contribution in [0.3, 0.4) is 0 Å². The highest BCUT2D eigenvalue weighted by molar-refractivity contribution is 5.82. The summed E-state index contributed by atoms with van der Waals surface area (Å²) in [7, 11) is 0. The van der Waals surface area contributed by atoms with E-state index < -0.39 is 35.4 Å². The molecule has 0 fully saturated rings. The molecule has 1 rings (SSSR count). The molecule has 0 aliphatic carbocycles. The Balaban J connectivity index is 3.40. The molecule has 2 N–H and O–H groups in total. The molecule has 0 aliphatic rings. The average molecular weight is 541 g/mol. The summed E-state index contributed by atoms with van der Waals surface area (Å²) in [4.78, 5) is 62.7. The van der Waals surface area contributed by atoms with Crippen molar-refractivity contribution in [2.24, 2.45) is 0 Å². The molecule has 0 aromatic heterocycles. The zero-order valence-electron chi connectivity index (χ0n) is 22.2. The second-order valence-electron chi connectivity index (χ2n) is 7.93. The fraction of sp³-hybridized carbons (Fsp3) is 0.560. The summed E-state index contributed by atoms with van der Waals surface area (Å²) in [6, 6.07) is 1.21. The van der Waals surface area contributed by atoms with E-state index in [9.17, 15) is 34.2 Å². The van der Waals surface area contributed by atoms with E-state index in [0.717, 1.165) is 0 Å². The molecule has 0 radical (unpaired) electrons. The number of aromatic hydroxyl groups is 2. The van der Waals surface area contributed by atoms with Crippen molar-refractivity contribution >= 4 is 30.2 Å². The summed E-state index contributed by atoms with van der Waals surface area (Å²) >= 11 is 0. The van der Waals surface area contributed by atoms with Crippen molar-refractivity contribution in [3.63, 3.8) is 0 Å². The number of ether oxygens (including phenoxy) is 4. The van der Waals surface area contributed by atoms with Crippen LogP contribution in [-0.2, 0) is 51.2 Å². The molecule has 13 nitrogen and oxygen atoms in total. The van der Waals surface area contributed by atoms with Gasteiger partial charge in [-0.05, 0) is 33.8 Å². The van der Waals surface area contributed by atoms with E-state index >= 15 is 0 Å². The second-order valence-corrected chi connectivity index (χ2v) is 7.93. The van der Waals surface area contributed by atoms with Crippen molar-refractivity contribution < 1.29 is 53.1 Å². The molecule has 0 bridgehead atoms. The lowest BCUT2D eigenvalue weighted by Crippen LogP contribution is -2.36. The first-order chi connectivity index (χ1) is 18.1. The lowest BCUT2D eigenvalue weighted by molar-refractivity contribution is -0.150. The molecule has 0 heterocycles. The number of rotatable bonds is 17. The van der Waals surface area contributed by atoms with Gasteiger partial charge < -0.3 is 29.2 Å². The van der Waals surface area contributed by atoms with Crippen molar-refractivity contribution in [3.8, 4) is 11.5 Å². The largest absolute Gasteiger partial charge is 0.507 e. The maximum absolute atomic E-state index is 12.1. The monoisotopic (exact) mass is 540 g/mol. The van der Waals surface area contributed by atoms with Gasteiger partial charge in [0.15, 0.2) is 6.29 Å². The minimum Gasteiger partial charge on any atom is -0.507 e. The molecule has 0 aliphatic heterocycles. The first-order valence-electron chi connectivity index (χ1n) is 12.2. The Hall–Kier alpha value is -3.71. The molecule has 38 heavy (non-hydrogen) atoms. The third-order valence-electron chi connectivity index (χ3n) is 5.01. The molecule has 1 aromatic rings. The summed E-state index contributed by atoms with van der Waals surface area (Å²) in [5.74, 6) is -3.57. The van der Waals surface area contributed by atoms with Gasteiger partial charge in [-0.3, -0.25) is 33.8 Å². The fourth-order valence-corrected chi connectivity index (χ4v) is 3.52. The van der Waals surface area contributed by atoms with Crippen molar-refractivity contribution in [1.29, 1.82) is 0 Å². The van der Waals surface area contributed by atoms with E-state index in [2.05, 4.69) is 0 Å². The minimum absolute atomic E-state index is 0.0979. The molecule has 0 atom stereocenters. The van der Waals surface area contributed by atoms with Crippen molar-refractivity contribution in [1.82, 2.24) is 9.80 Å². The van der Waals surface area contributed by atoms with Crippen LogP contribution in [0, 0.1) is 0 Å². The van der Waals surface area contributed by atoms with E-state index in [-0.39, 0.29) is 82.4 Å². The van der Waals surface area contributed by atoms with Crippen LogP contribution < -0.4 is 0 Å². The van der Waals surface area contributed by atoms with Crippen LogP contribution in [0.4, 0.5) is 0 Å². The number of nitrogens with zero attached hydrogens (tertiary/aromatic N) is 2.